The first-order valence-corrected chi connectivity index (χ1v) is 10.7. The molecule has 0 N–H and O–H groups in total. The molecule has 1 aromatic carbocycles. The molecule has 0 saturated carbocycles. The van der Waals surface area contributed by atoms with E-state index in [2.05, 4.69) is 13.5 Å². The van der Waals surface area contributed by atoms with Crippen LogP contribution in [0.15, 0.2) is 24.8 Å². The first kappa shape index (κ1) is 24.9. The molecule has 1 aromatic rings. The summed E-state index contributed by atoms with van der Waals surface area (Å²) in [5.74, 6) is 0.924. The lowest BCUT2D eigenvalue weighted by Gasteiger charge is -2.18. The van der Waals surface area contributed by atoms with Gasteiger partial charge in [0.25, 0.3) is 0 Å². The minimum atomic E-state index is -0.393. The summed E-state index contributed by atoms with van der Waals surface area (Å²) in [5, 5.41) is 0. The van der Waals surface area contributed by atoms with Gasteiger partial charge in [0.2, 0.25) is 5.75 Å². The van der Waals surface area contributed by atoms with E-state index < -0.39 is 5.97 Å². The maximum atomic E-state index is 12.7. The molecule has 1 rings (SSSR count). The van der Waals surface area contributed by atoms with Crippen LogP contribution in [-0.2, 0) is 4.74 Å². The van der Waals surface area contributed by atoms with Crippen LogP contribution in [0, 0.1) is 0 Å². The molecule has 0 heterocycles. The smallest absolute Gasteiger partial charge is 0.338 e. The largest absolute Gasteiger partial charge is 0.493 e. The Balaban J connectivity index is 2.60. The minimum absolute atomic E-state index is 0.167. The van der Waals surface area contributed by atoms with Crippen molar-refractivity contribution in [3.8, 4) is 17.2 Å². The van der Waals surface area contributed by atoms with E-state index in [1.54, 1.807) is 18.2 Å². The highest BCUT2D eigenvalue weighted by Crippen LogP contribution is 2.38. The second kappa shape index (κ2) is 14.8. The minimum Gasteiger partial charge on any atom is -0.493 e. The maximum absolute atomic E-state index is 12.7. The summed E-state index contributed by atoms with van der Waals surface area (Å²) < 4.78 is 21.7. The Bertz CT molecular complexity index is 586. The Labute approximate surface area is 176 Å². The average molecular weight is 407 g/mol. The summed E-state index contributed by atoms with van der Waals surface area (Å²) in [6, 6.07) is 3.23. The molecule has 0 fully saturated rings. The standard InChI is InChI=1S/C24H38O5/c1-6-8-9-10-11-12-13-14-16-20(15-7-2)29-24(25)19-17-21(26-3)23(28-5)22(18-19)27-4/h7,17-18,20H,2,6,8-16H2,1,3-5H3. The molecule has 5 nitrogen and oxygen atoms in total. The Morgan fingerprint density at radius 3 is 1.97 bits per heavy atom. The molecule has 0 bridgehead atoms. The van der Waals surface area contributed by atoms with Crippen LogP contribution < -0.4 is 14.2 Å². The van der Waals surface area contributed by atoms with Gasteiger partial charge in [-0.2, -0.15) is 0 Å². The Hall–Kier alpha value is -2.17. The van der Waals surface area contributed by atoms with Crippen LogP contribution in [0.5, 0.6) is 17.2 Å². The molecule has 0 aromatic heterocycles. The fraction of sp³-hybridized carbons (Fsp3) is 0.625. The Morgan fingerprint density at radius 2 is 1.48 bits per heavy atom. The molecule has 0 aliphatic carbocycles. The van der Waals surface area contributed by atoms with E-state index in [9.17, 15) is 4.79 Å². The van der Waals surface area contributed by atoms with Crippen molar-refractivity contribution >= 4 is 5.97 Å². The summed E-state index contributed by atoms with van der Waals surface area (Å²) in [6.45, 7) is 6.03. The van der Waals surface area contributed by atoms with Crippen molar-refractivity contribution in [2.75, 3.05) is 21.3 Å². The van der Waals surface area contributed by atoms with Crippen LogP contribution in [0.25, 0.3) is 0 Å². The van der Waals surface area contributed by atoms with Gasteiger partial charge in [-0.1, -0.05) is 57.9 Å². The molecule has 29 heavy (non-hydrogen) atoms. The molecule has 5 heteroatoms. The molecule has 0 aliphatic heterocycles. The fourth-order valence-corrected chi connectivity index (χ4v) is 3.34. The zero-order valence-electron chi connectivity index (χ0n) is 18.6. The molecule has 0 amide bonds. The van der Waals surface area contributed by atoms with Crippen LogP contribution in [0.3, 0.4) is 0 Å². The number of methoxy groups -OCH3 is 3. The Morgan fingerprint density at radius 1 is 0.931 bits per heavy atom. The van der Waals surface area contributed by atoms with Crippen molar-refractivity contribution in [3.05, 3.63) is 30.4 Å². The van der Waals surface area contributed by atoms with E-state index in [1.165, 1.54) is 66.3 Å². The van der Waals surface area contributed by atoms with E-state index in [-0.39, 0.29) is 6.10 Å². The maximum Gasteiger partial charge on any atom is 0.338 e. The molecular weight excluding hydrogens is 368 g/mol. The fourth-order valence-electron chi connectivity index (χ4n) is 3.34. The third kappa shape index (κ3) is 8.80. The molecule has 1 unspecified atom stereocenters. The molecule has 0 spiro atoms. The second-order valence-corrected chi connectivity index (χ2v) is 7.23. The van der Waals surface area contributed by atoms with E-state index in [0.29, 0.717) is 29.2 Å². The number of hydrogen-bond acceptors (Lipinski definition) is 5. The van der Waals surface area contributed by atoms with Crippen LogP contribution in [0.1, 0.15) is 81.5 Å². The zero-order chi connectivity index (χ0) is 21.5. The van der Waals surface area contributed by atoms with E-state index in [1.807, 2.05) is 0 Å². The van der Waals surface area contributed by atoms with Crippen LogP contribution >= 0.6 is 0 Å². The normalized spacial score (nSPS) is 11.6. The number of esters is 1. The van der Waals surface area contributed by atoms with Crippen molar-refractivity contribution in [1.82, 2.24) is 0 Å². The quantitative estimate of drug-likeness (QED) is 0.182. The van der Waals surface area contributed by atoms with Gasteiger partial charge in [0, 0.05) is 6.42 Å². The van der Waals surface area contributed by atoms with Gasteiger partial charge in [-0.15, -0.1) is 6.58 Å². The highest BCUT2D eigenvalue weighted by molar-refractivity contribution is 5.91. The number of unbranched alkanes of at least 4 members (excludes halogenated alkanes) is 7. The van der Waals surface area contributed by atoms with Gasteiger partial charge in [-0.3, -0.25) is 0 Å². The van der Waals surface area contributed by atoms with E-state index in [4.69, 9.17) is 18.9 Å². The second-order valence-electron chi connectivity index (χ2n) is 7.23. The number of hydrogen-bond donors (Lipinski definition) is 0. The SMILES string of the molecule is C=CCC(CCCCCCCCCC)OC(=O)c1cc(OC)c(OC)c(OC)c1. The van der Waals surface area contributed by atoms with E-state index >= 15 is 0 Å². The number of ether oxygens (including phenoxy) is 4. The van der Waals surface area contributed by atoms with Gasteiger partial charge in [0.1, 0.15) is 6.10 Å². The van der Waals surface area contributed by atoms with Crippen molar-refractivity contribution in [2.45, 2.75) is 77.2 Å². The topological polar surface area (TPSA) is 54.0 Å². The van der Waals surface area contributed by atoms with Gasteiger partial charge >= 0.3 is 5.97 Å². The average Bonchev–Trinajstić information content (AvgIpc) is 2.74. The highest BCUT2D eigenvalue weighted by Gasteiger charge is 2.20. The van der Waals surface area contributed by atoms with Gasteiger partial charge < -0.3 is 18.9 Å². The molecule has 0 saturated heterocycles. The predicted molar refractivity (Wildman–Crippen MR) is 117 cm³/mol. The number of carbonyl (C=O) groups is 1. The van der Waals surface area contributed by atoms with Gasteiger partial charge in [0.05, 0.1) is 26.9 Å². The lowest BCUT2D eigenvalue weighted by molar-refractivity contribution is 0.0282. The van der Waals surface area contributed by atoms with E-state index in [0.717, 1.165) is 12.8 Å². The van der Waals surface area contributed by atoms with Crippen molar-refractivity contribution in [2.24, 2.45) is 0 Å². The monoisotopic (exact) mass is 406 g/mol. The van der Waals surface area contributed by atoms with Crippen LogP contribution in [-0.4, -0.2) is 33.4 Å². The zero-order valence-corrected chi connectivity index (χ0v) is 18.6. The van der Waals surface area contributed by atoms with Gasteiger partial charge in [-0.25, -0.2) is 4.79 Å². The summed E-state index contributed by atoms with van der Waals surface area (Å²) in [5.41, 5.74) is 0.379. The molecule has 0 radical (unpaired) electrons. The lowest BCUT2D eigenvalue weighted by atomic mass is 10.0. The number of rotatable bonds is 16. The summed E-state index contributed by atoms with van der Waals surface area (Å²) in [7, 11) is 4.58. The molecular formula is C24H38O5. The van der Waals surface area contributed by atoms with Crippen molar-refractivity contribution in [3.63, 3.8) is 0 Å². The summed E-state index contributed by atoms with van der Waals surface area (Å²) >= 11 is 0. The third-order valence-electron chi connectivity index (χ3n) is 4.98. The summed E-state index contributed by atoms with van der Waals surface area (Å²) in [6.07, 6.45) is 13.1. The molecule has 0 aliphatic rings. The highest BCUT2D eigenvalue weighted by atomic mass is 16.5. The van der Waals surface area contributed by atoms with Crippen molar-refractivity contribution in [1.29, 1.82) is 0 Å². The number of benzene rings is 1. The molecule has 164 valence electrons. The predicted octanol–water partition coefficient (Wildman–Crippen LogP) is 6.34. The van der Waals surface area contributed by atoms with Gasteiger partial charge in [0.15, 0.2) is 11.5 Å². The lowest BCUT2D eigenvalue weighted by Crippen LogP contribution is -2.18. The Kier molecular flexibility index (Phi) is 12.7. The first-order valence-electron chi connectivity index (χ1n) is 10.7. The van der Waals surface area contributed by atoms with Crippen LogP contribution in [0.2, 0.25) is 0 Å². The van der Waals surface area contributed by atoms with Gasteiger partial charge in [-0.05, 0) is 25.0 Å². The first-order chi connectivity index (χ1) is 14.1. The number of carbonyl (C=O) groups excluding carboxylic acids is 1. The molecule has 1 atom stereocenters. The van der Waals surface area contributed by atoms with Crippen LogP contribution in [0.4, 0.5) is 0 Å². The van der Waals surface area contributed by atoms with Crippen molar-refractivity contribution < 1.29 is 23.7 Å². The third-order valence-corrected chi connectivity index (χ3v) is 4.98. The summed E-state index contributed by atoms with van der Waals surface area (Å²) in [4.78, 5) is 12.7.